The molecule has 8 amide bonds. The van der Waals surface area contributed by atoms with E-state index in [1.807, 2.05) is 0 Å². The van der Waals surface area contributed by atoms with E-state index in [2.05, 4.69) is 109 Å². The Labute approximate surface area is 846 Å². The molecule has 140 heavy (non-hydrogen) atoms. The normalized spacial score (nSPS) is 11.4. The maximum absolute atomic E-state index is 12.2. The van der Waals surface area contributed by atoms with Gasteiger partial charge < -0.3 is 110 Å². The number of carboxylic acids is 1. The van der Waals surface area contributed by atoms with Crippen LogP contribution in [0.5, 0.6) is 0 Å². The number of aromatic carboxylic acids is 1. The van der Waals surface area contributed by atoms with Gasteiger partial charge in [0.25, 0.3) is 29.5 Å². The Morgan fingerprint density at radius 3 is 0.964 bits per heavy atom. The molecule has 0 bridgehead atoms. The quantitative estimate of drug-likeness (QED) is 0.00905. The Bertz CT molecular complexity index is 6100. The van der Waals surface area contributed by atoms with Crippen LogP contribution >= 0.6 is 46.4 Å². The van der Waals surface area contributed by atoms with E-state index in [-0.39, 0.29) is 181 Å². The first-order valence-corrected chi connectivity index (χ1v) is 43.5. The van der Waals surface area contributed by atoms with Gasteiger partial charge in [-0.15, -0.1) is 51.0 Å². The van der Waals surface area contributed by atoms with Crippen LogP contribution in [0.2, 0.25) is 20.5 Å². The second-order valence-corrected chi connectivity index (χ2v) is 30.5. The van der Waals surface area contributed by atoms with Crippen LogP contribution in [0, 0.1) is 38.5 Å². The first-order valence-electron chi connectivity index (χ1n) is 42.0. The van der Waals surface area contributed by atoms with Crippen LogP contribution in [0.15, 0.2) is 121 Å². The molecule has 0 atom stereocenters. The minimum Gasteiger partial charge on any atom is -0.870 e. The van der Waals surface area contributed by atoms with Crippen molar-refractivity contribution < 1.29 is 132 Å². The third-order valence-corrected chi connectivity index (χ3v) is 20.3. The van der Waals surface area contributed by atoms with Crippen molar-refractivity contribution in [3.05, 3.63) is 226 Å². The van der Waals surface area contributed by atoms with E-state index >= 15 is 0 Å². The number of carbonyl (C=O) groups excluding carboxylic acids is 12. The van der Waals surface area contributed by atoms with Crippen LogP contribution in [0.3, 0.4) is 0 Å². The summed E-state index contributed by atoms with van der Waals surface area (Å²) in [6.07, 6.45) is 5.47. The van der Waals surface area contributed by atoms with Gasteiger partial charge >= 0.3 is 59.4 Å². The molecule has 3 aliphatic rings. The van der Waals surface area contributed by atoms with Gasteiger partial charge in [0.2, 0.25) is 17.7 Å². The van der Waals surface area contributed by atoms with Crippen molar-refractivity contribution in [1.82, 2.24) is 77.6 Å². The zero-order valence-corrected chi connectivity index (χ0v) is 82.7. The number of nitrogens with one attached hydrogen (secondary N) is 11. The van der Waals surface area contributed by atoms with E-state index in [0.29, 0.717) is 103 Å². The van der Waals surface area contributed by atoms with Crippen molar-refractivity contribution in [2.45, 2.75) is 108 Å². The molecular weight excluding hydrogens is 1920 g/mol. The van der Waals surface area contributed by atoms with Crippen molar-refractivity contribution in [3.8, 4) is 0 Å². The summed E-state index contributed by atoms with van der Waals surface area (Å²) in [4.78, 5) is 152. The number of carbonyl (C=O) groups is 13. The number of nitrogens with zero attached hydrogens (tertiary/aromatic N) is 10. The van der Waals surface area contributed by atoms with Crippen molar-refractivity contribution in [1.29, 1.82) is 0 Å². The number of aliphatic hydroxyl groups is 2. The fourth-order valence-corrected chi connectivity index (χ4v) is 12.5. The molecule has 0 spiro atoms. The van der Waals surface area contributed by atoms with Crippen LogP contribution in [0.1, 0.15) is 206 Å². The van der Waals surface area contributed by atoms with Crippen molar-refractivity contribution in [2.75, 3.05) is 99.3 Å². The molecule has 3 saturated carbocycles. The smallest absolute Gasteiger partial charge is 0.870 e. The SMILES string of the molecule is C.CCOC(=O)c1cccc(N)c1CO.CCOC(=O)c1cccc(Nc2cc(Cl)nnc2C(=O)NC)c1C.CCOC(=O)c1cccc(Nc2cc(Cl)nnc2C(=O)NC)c1CO.CCOC(=O)c1cccc(Nc2cc(NC(=O)C3CC3)nnc2C(=O)NC)c1C.CNC(=O)c1nnc(Cl)cc1Cl.CNC(=O)c1nnc(NC(=O)C2CC2)cc1Nc1cccc(C(=O)O)c1C.NC(=O)C1CC1.[Na+].[OH-]. The predicted molar refractivity (Wildman–Crippen MR) is 517 cm³/mol. The van der Waals surface area contributed by atoms with Gasteiger partial charge in [0, 0.05) is 117 Å². The molecule has 13 rings (SSSR count). The summed E-state index contributed by atoms with van der Waals surface area (Å²) in [5.41, 5.74) is 18.8. The van der Waals surface area contributed by atoms with Crippen LogP contribution in [-0.2, 0) is 46.5 Å². The average molecular weight is 2020 g/mol. The number of halogens is 4. The van der Waals surface area contributed by atoms with E-state index in [0.717, 1.165) is 38.5 Å². The molecule has 0 radical (unpaired) electrons. The predicted octanol–water partition coefficient (Wildman–Crippen LogP) is 8.39. The summed E-state index contributed by atoms with van der Waals surface area (Å²) in [6.45, 7) is 12.5. The number of aromatic nitrogens is 10. The van der Waals surface area contributed by atoms with E-state index in [1.54, 1.807) is 139 Å². The summed E-state index contributed by atoms with van der Waals surface area (Å²) < 4.78 is 19.9. The molecule has 5 heterocycles. The Kier molecular flexibility index (Phi) is 49.2. The second-order valence-electron chi connectivity index (χ2n) is 28.9. The molecule has 10 aromatic rings. The van der Waals surface area contributed by atoms with Crippen molar-refractivity contribution in [2.24, 2.45) is 23.5 Å². The van der Waals surface area contributed by atoms with Crippen molar-refractivity contribution in [3.63, 3.8) is 0 Å². The fourth-order valence-electron chi connectivity index (χ4n) is 11.7. The molecule has 5 aromatic heterocycles. The molecule has 49 heteroatoms. The number of nitrogens with two attached hydrogens (primary N) is 2. The Balaban J connectivity index is 0.000000351. The van der Waals surface area contributed by atoms with E-state index < -0.39 is 60.1 Å². The third kappa shape index (κ3) is 34.7. The van der Waals surface area contributed by atoms with E-state index in [4.69, 9.17) is 81.9 Å². The number of aliphatic hydroxyl groups excluding tert-OH is 2. The molecular formula is C91H106Cl4N23NaO21. The number of ether oxygens (including phenoxy) is 4. The molecule has 5 aromatic carbocycles. The topological polar surface area (TPSA) is 663 Å². The number of hydrogen-bond acceptors (Lipinski definition) is 35. The van der Waals surface area contributed by atoms with Crippen LogP contribution < -0.4 is 99.5 Å². The first-order chi connectivity index (χ1) is 65.5. The van der Waals surface area contributed by atoms with Crippen molar-refractivity contribution >= 4 is 186 Å². The summed E-state index contributed by atoms with van der Waals surface area (Å²) in [6, 6.07) is 32.2. The molecule has 44 nitrogen and oxygen atoms in total. The van der Waals surface area contributed by atoms with E-state index in [9.17, 15) is 72.5 Å². The monoisotopic (exact) mass is 2020 g/mol. The average Bonchev–Trinajstić information content (AvgIpc) is 1.67. The molecule has 0 unspecified atom stereocenters. The summed E-state index contributed by atoms with van der Waals surface area (Å²) >= 11 is 22.9. The Hall–Kier alpha value is -14.4. The van der Waals surface area contributed by atoms with Crippen LogP contribution in [0.4, 0.5) is 62.8 Å². The minimum atomic E-state index is -1.05. The second kappa shape index (κ2) is 58.4. The first kappa shape index (κ1) is 118. The van der Waals surface area contributed by atoms with Gasteiger partial charge in [-0.3, -0.25) is 38.4 Å². The molecule has 3 fully saturated rings. The van der Waals surface area contributed by atoms with Gasteiger partial charge in [0.1, 0.15) is 0 Å². The van der Waals surface area contributed by atoms with Gasteiger partial charge in [-0.25, -0.2) is 24.0 Å². The number of esters is 4. The zero-order valence-electron chi connectivity index (χ0n) is 77.6. The van der Waals surface area contributed by atoms with Gasteiger partial charge in [0.05, 0.1) is 95.2 Å². The molecule has 0 aliphatic heterocycles. The summed E-state index contributed by atoms with van der Waals surface area (Å²) in [7, 11) is 7.39. The number of rotatable bonds is 29. The van der Waals surface area contributed by atoms with E-state index in [1.165, 1.54) is 65.6 Å². The Morgan fingerprint density at radius 2 is 0.650 bits per heavy atom. The minimum absolute atomic E-state index is 0. The number of primary amides is 1. The maximum Gasteiger partial charge on any atom is 1.00 e. The van der Waals surface area contributed by atoms with Gasteiger partial charge in [-0.1, -0.05) is 84.2 Å². The molecule has 19 N–H and O–H groups in total. The molecule has 740 valence electrons. The van der Waals surface area contributed by atoms with Crippen LogP contribution in [-0.4, -0.2) is 211 Å². The largest absolute Gasteiger partial charge is 1.00 e. The van der Waals surface area contributed by atoms with Gasteiger partial charge in [-0.05, 0) is 170 Å². The number of benzene rings is 5. The maximum atomic E-state index is 12.2. The number of anilines is 11. The zero-order chi connectivity index (χ0) is 101. The number of amides is 8. The van der Waals surface area contributed by atoms with Gasteiger partial charge in [-0.2, -0.15) is 0 Å². The standard InChI is InChI=1S/C20H23N5O4.C18H19N5O4.C16H17ClN4O4.C16H17ClN4O3.C10H13NO3.C6H5Cl2N3O.C4H7NO.CH4.Na.H2O/c1-4-29-20(28)13-6-5-7-14(11(13)2)22-15-10-16(23-18(26)12-8-9-12)24-25-17(15)19(27)21-3;1-9-11(18(26)27)4-3-5-12(9)20-13-8-14(21-16(24)10-6-7-10)22-23-15(13)17(25)19-2;1-3-25-16(24)9-5-4-6-11(10(9)8-22)19-12-7-13(17)20-21-14(12)15(23)18-2;1-4-24-16(23)10-6-5-7-11(9(10)2)19-12-8-13(17)20-21-14(12)15(22)18-3;1-2-14-10(13)7-4-3-5-9(11)8(7)6-12;1-9-6(12)5-3(7)2-4(8)10-11-5;5-4(6)3-1-2-3;;;/h5-7,10,12H,4,8-9H2,1-3H3,(H,21,27)(H2,22,23,24,26);3-5,8,10H,6-7H2,1-2H3,(H,19,25)(H,26,27)(H2,20,21,22,24);4-7,22H,3,8H2,1-2H3,(H,18,23)(H,19,20);5-8H,4H2,1-3H3,(H,18,22)(H,19,20);3-5,12H,2,6,11H2,1H3;2H,1H3,(H,9,12);3H,1-2H2,(H2,5,6);1H4;;1H2/q;;;;;;;;+1;/p-1. The fraction of sp³-hybridized carbons (Fsp3) is 0.308. The summed E-state index contributed by atoms with van der Waals surface area (Å²) in [5, 5.41) is 96.1. The molecule has 0 saturated heterocycles. The number of carboxylic acid groups (broad SMARTS) is 1. The van der Waals surface area contributed by atoms with Gasteiger partial charge in [0.15, 0.2) is 55.6 Å². The number of hydrogen-bond donors (Lipinski definition) is 16. The molecule has 3 aliphatic carbocycles. The Morgan fingerprint density at radius 1 is 0.371 bits per heavy atom. The third-order valence-electron chi connectivity index (χ3n) is 19.4. The number of nitrogen functional groups attached to an aromatic ring is 1. The van der Waals surface area contributed by atoms with Crippen LogP contribution in [0.25, 0.3) is 0 Å². The summed E-state index contributed by atoms with van der Waals surface area (Å²) in [5.74, 6) is -4.69.